The zero-order chi connectivity index (χ0) is 18.8. The van der Waals surface area contributed by atoms with Crippen molar-refractivity contribution in [3.63, 3.8) is 0 Å². The van der Waals surface area contributed by atoms with Gasteiger partial charge in [0.2, 0.25) is 12.7 Å². The third-order valence-electron chi connectivity index (χ3n) is 3.93. The predicted octanol–water partition coefficient (Wildman–Crippen LogP) is 3.09. The number of thioether (sulfide) groups is 1. The van der Waals surface area contributed by atoms with Crippen LogP contribution < -0.4 is 14.8 Å². The Labute approximate surface area is 158 Å². The number of imide groups is 1. The number of rotatable bonds is 4. The minimum absolute atomic E-state index is 0.159. The number of para-hydroxylation sites is 1. The summed E-state index contributed by atoms with van der Waals surface area (Å²) in [7, 11) is 0. The maximum atomic E-state index is 12.5. The summed E-state index contributed by atoms with van der Waals surface area (Å²) in [5, 5.41) is 2.18. The monoisotopic (exact) mass is 382 g/mol. The van der Waals surface area contributed by atoms with E-state index in [1.807, 2.05) is 6.07 Å². The maximum Gasteiger partial charge on any atom is 0.294 e. The molecule has 1 fully saturated rings. The van der Waals surface area contributed by atoms with Crippen LogP contribution in [0, 0.1) is 0 Å². The molecule has 3 amide bonds. The van der Waals surface area contributed by atoms with Crippen molar-refractivity contribution in [2.45, 2.75) is 0 Å². The fraction of sp³-hybridized carbons (Fsp3) is 0.105. The molecule has 0 atom stereocenters. The molecule has 2 heterocycles. The quantitative estimate of drug-likeness (QED) is 0.818. The normalized spacial score (nSPS) is 16.9. The molecule has 1 N–H and O–H groups in total. The van der Waals surface area contributed by atoms with Gasteiger partial charge in [-0.25, -0.2) is 0 Å². The highest BCUT2D eigenvalue weighted by Crippen LogP contribution is 2.36. The molecule has 27 heavy (non-hydrogen) atoms. The summed E-state index contributed by atoms with van der Waals surface area (Å²) in [6.07, 6.45) is 1.60. The van der Waals surface area contributed by atoms with E-state index in [4.69, 9.17) is 9.47 Å². The van der Waals surface area contributed by atoms with Gasteiger partial charge in [-0.1, -0.05) is 24.3 Å². The first kappa shape index (κ1) is 17.2. The molecule has 1 saturated heterocycles. The van der Waals surface area contributed by atoms with Crippen LogP contribution in [0.3, 0.4) is 0 Å². The van der Waals surface area contributed by atoms with Crippen molar-refractivity contribution in [3.8, 4) is 11.5 Å². The van der Waals surface area contributed by atoms with Crippen LogP contribution in [0.5, 0.6) is 11.5 Å². The highest BCUT2D eigenvalue weighted by molar-refractivity contribution is 8.18. The second kappa shape index (κ2) is 7.16. The average Bonchev–Trinajstić information content (AvgIpc) is 3.22. The fourth-order valence-electron chi connectivity index (χ4n) is 2.66. The number of hydrogen-bond acceptors (Lipinski definition) is 6. The van der Waals surface area contributed by atoms with Gasteiger partial charge in [-0.15, -0.1) is 0 Å². The van der Waals surface area contributed by atoms with E-state index < -0.39 is 17.1 Å². The summed E-state index contributed by atoms with van der Waals surface area (Å²) >= 11 is 0.805. The van der Waals surface area contributed by atoms with Crippen molar-refractivity contribution in [2.24, 2.45) is 0 Å². The van der Waals surface area contributed by atoms with Gasteiger partial charge in [-0.3, -0.25) is 19.3 Å². The molecule has 0 bridgehead atoms. The predicted molar refractivity (Wildman–Crippen MR) is 100 cm³/mol. The average molecular weight is 382 g/mol. The van der Waals surface area contributed by atoms with E-state index in [-0.39, 0.29) is 18.2 Å². The second-order valence-electron chi connectivity index (χ2n) is 5.79. The van der Waals surface area contributed by atoms with Gasteiger partial charge >= 0.3 is 0 Å². The molecule has 0 spiro atoms. The second-order valence-corrected chi connectivity index (χ2v) is 6.79. The minimum atomic E-state index is -0.495. The van der Waals surface area contributed by atoms with Gasteiger partial charge in [0.05, 0.1) is 4.91 Å². The zero-order valence-electron chi connectivity index (χ0n) is 14.0. The summed E-state index contributed by atoms with van der Waals surface area (Å²) in [5.74, 6) is 0.293. The summed E-state index contributed by atoms with van der Waals surface area (Å²) in [4.78, 5) is 38.0. The van der Waals surface area contributed by atoms with Gasteiger partial charge in [0.1, 0.15) is 6.54 Å². The molecule has 0 radical (unpaired) electrons. The summed E-state index contributed by atoms with van der Waals surface area (Å²) < 4.78 is 10.6. The molecule has 4 rings (SSSR count). The molecule has 0 unspecified atom stereocenters. The first-order valence-corrected chi connectivity index (χ1v) is 8.92. The molecular weight excluding hydrogens is 368 g/mol. The van der Waals surface area contributed by atoms with Gasteiger partial charge in [-0.05, 0) is 47.7 Å². The van der Waals surface area contributed by atoms with E-state index in [0.717, 1.165) is 16.7 Å². The van der Waals surface area contributed by atoms with E-state index in [2.05, 4.69) is 5.32 Å². The van der Waals surface area contributed by atoms with E-state index in [0.29, 0.717) is 22.7 Å². The zero-order valence-corrected chi connectivity index (χ0v) is 14.8. The molecular formula is C19H14N2O5S. The standard InChI is InChI=1S/C19H14N2O5S/c22-17(20-13-4-2-1-3-5-13)10-21-18(23)16(27-19(21)24)9-12-6-7-14-15(8-12)26-11-25-14/h1-9H,10-11H2,(H,20,22)/b16-9-. The molecule has 2 aliphatic rings. The molecule has 136 valence electrons. The Bertz CT molecular complexity index is 958. The number of anilines is 1. The molecule has 0 aromatic heterocycles. The molecule has 2 aromatic rings. The van der Waals surface area contributed by atoms with Gasteiger partial charge in [0, 0.05) is 5.69 Å². The lowest BCUT2D eigenvalue weighted by Crippen LogP contribution is -2.36. The summed E-state index contributed by atoms with van der Waals surface area (Å²) in [5.41, 5.74) is 1.31. The first-order valence-electron chi connectivity index (χ1n) is 8.10. The van der Waals surface area contributed by atoms with Crippen molar-refractivity contribution in [3.05, 3.63) is 59.0 Å². The third kappa shape index (κ3) is 3.65. The lowest BCUT2D eigenvalue weighted by Gasteiger charge is -2.12. The number of fused-ring (bicyclic) bond motifs is 1. The maximum absolute atomic E-state index is 12.5. The lowest BCUT2D eigenvalue weighted by atomic mass is 10.2. The topological polar surface area (TPSA) is 84.9 Å². The number of hydrogen-bond donors (Lipinski definition) is 1. The van der Waals surface area contributed by atoms with Gasteiger partial charge in [0.25, 0.3) is 11.1 Å². The number of nitrogens with zero attached hydrogens (tertiary/aromatic N) is 1. The highest BCUT2D eigenvalue weighted by atomic mass is 32.2. The van der Waals surface area contributed by atoms with Crippen LogP contribution in [-0.4, -0.2) is 35.3 Å². The molecule has 8 heteroatoms. The molecule has 0 aliphatic carbocycles. The molecule has 2 aromatic carbocycles. The van der Waals surface area contributed by atoms with Crippen molar-refractivity contribution >= 4 is 40.6 Å². The van der Waals surface area contributed by atoms with Gasteiger partial charge in [0.15, 0.2) is 11.5 Å². The highest BCUT2D eigenvalue weighted by Gasteiger charge is 2.36. The smallest absolute Gasteiger partial charge is 0.294 e. The van der Waals surface area contributed by atoms with Crippen LogP contribution in [-0.2, 0) is 9.59 Å². The van der Waals surface area contributed by atoms with Crippen LogP contribution in [0.1, 0.15) is 5.56 Å². The number of nitrogens with one attached hydrogen (secondary N) is 1. The Hall–Kier alpha value is -3.26. The summed E-state index contributed by atoms with van der Waals surface area (Å²) in [6.45, 7) is -0.177. The molecule has 7 nitrogen and oxygen atoms in total. The Kier molecular flexibility index (Phi) is 4.55. The first-order chi connectivity index (χ1) is 13.1. The summed E-state index contributed by atoms with van der Waals surface area (Å²) in [6, 6.07) is 14.1. The van der Waals surface area contributed by atoms with Gasteiger partial charge in [-0.2, -0.15) is 0 Å². The number of carbonyl (C=O) groups excluding carboxylic acids is 3. The lowest BCUT2D eigenvalue weighted by molar-refractivity contribution is -0.127. The van der Waals surface area contributed by atoms with E-state index in [9.17, 15) is 14.4 Å². The fourth-order valence-corrected chi connectivity index (χ4v) is 3.49. The Morgan fingerprint density at radius 2 is 1.89 bits per heavy atom. The third-order valence-corrected chi connectivity index (χ3v) is 4.83. The van der Waals surface area contributed by atoms with Crippen molar-refractivity contribution in [2.75, 3.05) is 18.7 Å². The Balaban J connectivity index is 1.46. The van der Waals surface area contributed by atoms with Crippen molar-refractivity contribution < 1.29 is 23.9 Å². The number of amides is 3. The van der Waals surface area contributed by atoms with E-state index >= 15 is 0 Å². The Morgan fingerprint density at radius 1 is 1.11 bits per heavy atom. The van der Waals surface area contributed by atoms with Crippen LogP contribution in [0.25, 0.3) is 6.08 Å². The molecule has 0 saturated carbocycles. The van der Waals surface area contributed by atoms with Crippen molar-refractivity contribution in [1.82, 2.24) is 4.90 Å². The van der Waals surface area contributed by atoms with Gasteiger partial charge < -0.3 is 14.8 Å². The number of ether oxygens (including phenoxy) is 2. The minimum Gasteiger partial charge on any atom is -0.454 e. The number of carbonyl (C=O) groups is 3. The Morgan fingerprint density at radius 3 is 2.70 bits per heavy atom. The van der Waals surface area contributed by atoms with Crippen molar-refractivity contribution in [1.29, 1.82) is 0 Å². The largest absolute Gasteiger partial charge is 0.454 e. The van der Waals surface area contributed by atoms with Crippen LogP contribution in [0.2, 0.25) is 0 Å². The number of benzene rings is 2. The van der Waals surface area contributed by atoms with E-state index in [1.54, 1.807) is 48.5 Å². The van der Waals surface area contributed by atoms with Crippen LogP contribution in [0.4, 0.5) is 10.5 Å². The van der Waals surface area contributed by atoms with E-state index in [1.165, 1.54) is 0 Å². The van der Waals surface area contributed by atoms with Crippen LogP contribution in [0.15, 0.2) is 53.4 Å². The van der Waals surface area contributed by atoms with Crippen LogP contribution >= 0.6 is 11.8 Å². The SMILES string of the molecule is O=C(CN1C(=O)S/C(=C\c2ccc3c(c2)OCO3)C1=O)Nc1ccccc1. The molecule has 2 aliphatic heterocycles.